The molecule has 4 rings (SSSR count). The number of nitrogens with zero attached hydrogens (tertiary/aromatic N) is 7. The first-order valence-electron chi connectivity index (χ1n) is 8.29. The van der Waals surface area contributed by atoms with Crippen molar-refractivity contribution in [1.82, 2.24) is 40.1 Å². The summed E-state index contributed by atoms with van der Waals surface area (Å²) in [5.41, 5.74) is 1.11. The second kappa shape index (κ2) is 7.11. The van der Waals surface area contributed by atoms with Crippen LogP contribution in [0.4, 0.5) is 0 Å². The first-order valence-corrected chi connectivity index (χ1v) is 9.17. The van der Waals surface area contributed by atoms with Gasteiger partial charge in [0.15, 0.2) is 0 Å². The molecule has 0 bridgehead atoms. The fraction of sp³-hybridized carbons (Fsp3) is 0.250. The SMILES string of the molecule is C[C@H](C(=O)NCCn1nnn(-c2cccs2)c1=O)n1nc2ccccc2n1. The van der Waals surface area contributed by atoms with Gasteiger partial charge in [0.2, 0.25) is 5.91 Å². The number of aromatic nitrogens is 7. The van der Waals surface area contributed by atoms with Gasteiger partial charge in [0, 0.05) is 6.54 Å². The average molecular weight is 384 g/mol. The Kier molecular flexibility index (Phi) is 4.50. The van der Waals surface area contributed by atoms with E-state index in [-0.39, 0.29) is 24.7 Å². The summed E-state index contributed by atoms with van der Waals surface area (Å²) >= 11 is 1.40. The van der Waals surface area contributed by atoms with Crippen molar-refractivity contribution < 1.29 is 4.79 Å². The van der Waals surface area contributed by atoms with E-state index in [1.807, 2.05) is 35.7 Å². The predicted molar refractivity (Wildman–Crippen MR) is 98.7 cm³/mol. The third-order valence-electron chi connectivity index (χ3n) is 4.01. The number of tetrazole rings is 1. The lowest BCUT2D eigenvalue weighted by molar-refractivity contribution is -0.124. The average Bonchev–Trinajstić information content (AvgIpc) is 3.40. The van der Waals surface area contributed by atoms with E-state index in [1.54, 1.807) is 13.0 Å². The molecule has 0 aliphatic carbocycles. The lowest BCUT2D eigenvalue weighted by Crippen LogP contribution is -2.36. The standard InChI is InChI=1S/C16H16N8O2S/c1-11(24-18-12-5-2-3-6-13(12)19-24)15(25)17-8-9-22-16(26)23(21-20-22)14-7-4-10-27-14/h2-7,10-11H,8-9H2,1H3,(H,17,25)/t11-/m1/s1. The lowest BCUT2D eigenvalue weighted by Gasteiger charge is -2.10. The largest absolute Gasteiger partial charge is 0.369 e. The van der Waals surface area contributed by atoms with Gasteiger partial charge in [0.1, 0.15) is 22.1 Å². The minimum Gasteiger partial charge on any atom is -0.352 e. The smallest absolute Gasteiger partial charge is 0.352 e. The zero-order chi connectivity index (χ0) is 18.8. The fourth-order valence-corrected chi connectivity index (χ4v) is 3.20. The topological polar surface area (TPSA) is 113 Å². The van der Waals surface area contributed by atoms with Crippen LogP contribution in [0.3, 0.4) is 0 Å². The van der Waals surface area contributed by atoms with Crippen LogP contribution in [0.25, 0.3) is 16.0 Å². The van der Waals surface area contributed by atoms with Gasteiger partial charge in [-0.25, -0.2) is 4.79 Å². The molecule has 3 aromatic heterocycles. The highest BCUT2D eigenvalue weighted by Crippen LogP contribution is 2.11. The van der Waals surface area contributed by atoms with Gasteiger partial charge in [-0.15, -0.1) is 11.3 Å². The Bertz CT molecular complexity index is 1090. The number of amides is 1. The second-order valence-electron chi connectivity index (χ2n) is 5.82. The van der Waals surface area contributed by atoms with Gasteiger partial charge >= 0.3 is 5.69 Å². The van der Waals surface area contributed by atoms with Gasteiger partial charge in [-0.1, -0.05) is 12.1 Å². The molecular weight excluding hydrogens is 368 g/mol. The molecule has 1 atom stereocenters. The highest BCUT2D eigenvalue weighted by molar-refractivity contribution is 7.12. The molecule has 0 saturated carbocycles. The molecule has 27 heavy (non-hydrogen) atoms. The van der Waals surface area contributed by atoms with Gasteiger partial charge in [0.05, 0.1) is 6.54 Å². The molecule has 0 aliphatic heterocycles. The van der Waals surface area contributed by atoms with Crippen molar-refractivity contribution in [3.05, 3.63) is 52.3 Å². The second-order valence-corrected chi connectivity index (χ2v) is 6.75. The summed E-state index contributed by atoms with van der Waals surface area (Å²) in [7, 11) is 0. The number of benzene rings is 1. The third kappa shape index (κ3) is 3.36. The normalized spacial score (nSPS) is 12.3. The maximum Gasteiger partial charge on any atom is 0.369 e. The van der Waals surface area contributed by atoms with Crippen LogP contribution in [0.2, 0.25) is 0 Å². The van der Waals surface area contributed by atoms with Crippen molar-refractivity contribution >= 4 is 28.3 Å². The van der Waals surface area contributed by atoms with E-state index in [9.17, 15) is 9.59 Å². The molecule has 1 aromatic carbocycles. The molecule has 4 aromatic rings. The lowest BCUT2D eigenvalue weighted by atomic mass is 10.3. The van der Waals surface area contributed by atoms with Crippen molar-refractivity contribution in [2.24, 2.45) is 0 Å². The van der Waals surface area contributed by atoms with E-state index in [0.717, 1.165) is 11.0 Å². The van der Waals surface area contributed by atoms with Crippen LogP contribution < -0.4 is 11.0 Å². The van der Waals surface area contributed by atoms with Gasteiger partial charge < -0.3 is 5.32 Å². The number of carbonyl (C=O) groups excluding carboxylic acids is 1. The number of rotatable bonds is 6. The minimum absolute atomic E-state index is 0.219. The van der Waals surface area contributed by atoms with E-state index in [2.05, 4.69) is 25.9 Å². The van der Waals surface area contributed by atoms with Crippen molar-refractivity contribution in [2.75, 3.05) is 6.54 Å². The summed E-state index contributed by atoms with van der Waals surface area (Å²) in [4.78, 5) is 26.0. The molecule has 1 amide bonds. The molecule has 1 N–H and O–H groups in total. The number of hydrogen-bond acceptors (Lipinski definition) is 7. The summed E-state index contributed by atoms with van der Waals surface area (Å²) in [5.74, 6) is -0.242. The van der Waals surface area contributed by atoms with Crippen molar-refractivity contribution in [3.63, 3.8) is 0 Å². The summed E-state index contributed by atoms with van der Waals surface area (Å²) in [6, 6.07) is 10.5. The Labute approximate surface area is 157 Å². The molecule has 138 valence electrons. The summed E-state index contributed by atoms with van der Waals surface area (Å²) in [5, 5.41) is 21.6. The maximum atomic E-state index is 12.3. The summed E-state index contributed by atoms with van der Waals surface area (Å²) in [6.45, 7) is 2.18. The van der Waals surface area contributed by atoms with Gasteiger partial charge in [-0.05, 0) is 47.0 Å². The zero-order valence-electron chi connectivity index (χ0n) is 14.4. The van der Waals surface area contributed by atoms with Gasteiger partial charge in [0.25, 0.3) is 0 Å². The Balaban J connectivity index is 1.37. The van der Waals surface area contributed by atoms with Crippen LogP contribution >= 0.6 is 11.3 Å². The molecule has 0 radical (unpaired) electrons. The van der Waals surface area contributed by atoms with E-state index < -0.39 is 6.04 Å². The number of carbonyl (C=O) groups is 1. The molecule has 3 heterocycles. The maximum absolute atomic E-state index is 12.3. The van der Waals surface area contributed by atoms with Crippen LogP contribution in [-0.4, -0.2) is 47.2 Å². The monoisotopic (exact) mass is 384 g/mol. The van der Waals surface area contributed by atoms with Crippen LogP contribution in [0.15, 0.2) is 46.6 Å². The molecule has 0 unspecified atom stereocenters. The number of thiophene rings is 1. The Morgan fingerprint density at radius 3 is 2.56 bits per heavy atom. The summed E-state index contributed by atoms with van der Waals surface area (Å²) < 4.78 is 2.44. The fourth-order valence-electron chi connectivity index (χ4n) is 2.53. The van der Waals surface area contributed by atoms with Gasteiger partial charge in [-0.3, -0.25) is 4.79 Å². The highest BCUT2D eigenvalue weighted by Gasteiger charge is 2.18. The van der Waals surface area contributed by atoms with E-state index in [4.69, 9.17) is 0 Å². The van der Waals surface area contributed by atoms with E-state index in [0.29, 0.717) is 5.00 Å². The summed E-state index contributed by atoms with van der Waals surface area (Å²) in [6.07, 6.45) is 0. The minimum atomic E-state index is -0.573. The van der Waals surface area contributed by atoms with Gasteiger partial charge in [-0.2, -0.15) is 24.4 Å². The first-order chi connectivity index (χ1) is 13.1. The molecule has 0 saturated heterocycles. The Morgan fingerprint density at radius 1 is 1.15 bits per heavy atom. The van der Waals surface area contributed by atoms with Crippen molar-refractivity contribution in [3.8, 4) is 5.00 Å². The van der Waals surface area contributed by atoms with E-state index >= 15 is 0 Å². The molecule has 0 fully saturated rings. The molecular formula is C16H16N8O2S. The van der Waals surface area contributed by atoms with Crippen molar-refractivity contribution in [2.45, 2.75) is 19.5 Å². The molecule has 11 heteroatoms. The Hall–Kier alpha value is -3.34. The number of hydrogen-bond donors (Lipinski definition) is 1. The molecule has 0 aliphatic rings. The zero-order valence-corrected chi connectivity index (χ0v) is 15.2. The highest BCUT2D eigenvalue weighted by atomic mass is 32.1. The van der Waals surface area contributed by atoms with Crippen LogP contribution in [0.5, 0.6) is 0 Å². The predicted octanol–water partition coefficient (Wildman–Crippen LogP) is 0.613. The quantitative estimate of drug-likeness (QED) is 0.521. The Morgan fingerprint density at radius 2 is 1.89 bits per heavy atom. The number of fused-ring (bicyclic) bond motifs is 1. The third-order valence-corrected chi connectivity index (χ3v) is 4.85. The molecule has 0 spiro atoms. The van der Waals surface area contributed by atoms with Crippen molar-refractivity contribution in [1.29, 1.82) is 0 Å². The molecule has 10 nitrogen and oxygen atoms in total. The van der Waals surface area contributed by atoms with Crippen LogP contribution in [0.1, 0.15) is 13.0 Å². The van der Waals surface area contributed by atoms with Crippen LogP contribution in [-0.2, 0) is 11.3 Å². The van der Waals surface area contributed by atoms with Crippen LogP contribution in [0, 0.1) is 0 Å². The first kappa shape index (κ1) is 17.1. The number of nitrogens with one attached hydrogen (secondary N) is 1. The van der Waals surface area contributed by atoms with E-state index in [1.165, 1.54) is 25.5 Å².